The van der Waals surface area contributed by atoms with Gasteiger partial charge in [0.15, 0.2) is 0 Å². The monoisotopic (exact) mass is 194 g/mol. The van der Waals surface area contributed by atoms with Gasteiger partial charge in [-0.25, -0.2) is 0 Å². The van der Waals surface area contributed by atoms with E-state index >= 15 is 0 Å². The van der Waals surface area contributed by atoms with Crippen LogP contribution in [0.4, 0.5) is 0 Å². The molecule has 5 aliphatic rings. The molecule has 14 heavy (non-hydrogen) atoms. The molecule has 78 valence electrons. The molecule has 1 unspecified atom stereocenters. The molecule has 0 spiro atoms. The number of Topliss-reactive ketones (excluding diaryl/α,β-unsaturated/α-hetero) is 1. The first kappa shape index (κ1) is 8.90. The second-order valence-electron chi connectivity index (χ2n) is 6.01. The fourth-order valence-corrected chi connectivity index (χ4v) is 3.99. The Morgan fingerprint density at radius 3 is 2.71 bits per heavy atom. The summed E-state index contributed by atoms with van der Waals surface area (Å²) < 4.78 is 0. The lowest BCUT2D eigenvalue weighted by atomic mass is 9.52. The Hall–Kier alpha value is -0.370. The second kappa shape index (κ2) is 2.41. The predicted molar refractivity (Wildman–Crippen MR) is 52.6 cm³/mol. The normalized spacial score (nSPS) is 53.9. The lowest BCUT2D eigenvalue weighted by Crippen LogP contribution is -2.53. The van der Waals surface area contributed by atoms with Crippen LogP contribution >= 0.6 is 0 Å². The molecule has 0 heterocycles. The molecule has 5 fully saturated rings. The van der Waals surface area contributed by atoms with E-state index in [2.05, 4.69) is 13.8 Å². The Morgan fingerprint density at radius 2 is 2.00 bits per heavy atom. The van der Waals surface area contributed by atoms with Gasteiger partial charge in [0, 0.05) is 11.3 Å². The first-order valence-corrected chi connectivity index (χ1v) is 5.74. The number of rotatable bonds is 0. The van der Waals surface area contributed by atoms with Crippen molar-refractivity contribution in [2.24, 2.45) is 29.1 Å². The molecule has 0 aromatic carbocycles. The highest BCUT2D eigenvalue weighted by Gasteiger charge is 2.61. The summed E-state index contributed by atoms with van der Waals surface area (Å²) in [5.41, 5.74) is -0.169. The quantitative estimate of drug-likeness (QED) is 0.636. The van der Waals surface area contributed by atoms with Gasteiger partial charge >= 0.3 is 0 Å². The van der Waals surface area contributed by atoms with Crippen molar-refractivity contribution in [2.75, 3.05) is 0 Å². The summed E-state index contributed by atoms with van der Waals surface area (Å²) in [6.45, 7) is 4.15. The van der Waals surface area contributed by atoms with Crippen LogP contribution in [0.2, 0.25) is 0 Å². The van der Waals surface area contributed by atoms with Crippen molar-refractivity contribution in [1.29, 1.82) is 0 Å². The molecule has 5 saturated carbocycles. The van der Waals surface area contributed by atoms with Gasteiger partial charge < -0.3 is 5.11 Å². The lowest BCUT2D eigenvalue weighted by Gasteiger charge is -2.50. The molecule has 1 N–H and O–H groups in total. The molecular formula is C12H18O2. The van der Waals surface area contributed by atoms with Crippen molar-refractivity contribution >= 4 is 5.78 Å². The lowest BCUT2D eigenvalue weighted by molar-refractivity contribution is -0.151. The zero-order valence-corrected chi connectivity index (χ0v) is 8.86. The number of hydrogen-bond donors (Lipinski definition) is 1. The summed E-state index contributed by atoms with van der Waals surface area (Å²) in [5.74, 6) is 1.99. The van der Waals surface area contributed by atoms with E-state index in [0.717, 1.165) is 12.8 Å². The molecule has 0 radical (unpaired) electrons. The molecular weight excluding hydrogens is 176 g/mol. The fraction of sp³-hybridized carbons (Fsp3) is 0.917. The Morgan fingerprint density at radius 1 is 1.29 bits per heavy atom. The SMILES string of the molecule is CC1(C)C(=O)[C@@H]2[C@@H]3C[C@H]1CC(O)[C@H]2C3. The standard InChI is InChI=1S/C12H18O2/c1-12(2)7-3-6-4-8(9(13)5-7)10(6)11(12)14/h6-10,13H,3-5H2,1-2H3/t6-,7+,8-,9?,10-/m1/s1. The van der Waals surface area contributed by atoms with Gasteiger partial charge in [0.05, 0.1) is 6.10 Å². The third kappa shape index (κ3) is 0.837. The van der Waals surface area contributed by atoms with E-state index in [1.54, 1.807) is 0 Å². The average Bonchev–Trinajstić information content (AvgIpc) is 2.31. The van der Waals surface area contributed by atoms with E-state index in [-0.39, 0.29) is 17.4 Å². The molecule has 5 atom stereocenters. The summed E-state index contributed by atoms with van der Waals surface area (Å²) in [6, 6.07) is 0. The van der Waals surface area contributed by atoms with E-state index in [1.807, 2.05) is 0 Å². The maximum Gasteiger partial charge on any atom is 0.142 e. The Balaban J connectivity index is 2.04. The van der Waals surface area contributed by atoms with Crippen LogP contribution in [-0.4, -0.2) is 17.0 Å². The summed E-state index contributed by atoms with van der Waals surface area (Å²) in [6.07, 6.45) is 2.94. The maximum atomic E-state index is 12.2. The summed E-state index contributed by atoms with van der Waals surface area (Å²) in [7, 11) is 0. The highest BCUT2D eigenvalue weighted by molar-refractivity contribution is 5.89. The molecule has 2 nitrogen and oxygen atoms in total. The van der Waals surface area contributed by atoms with Gasteiger partial charge in [-0.15, -0.1) is 0 Å². The molecule has 2 heteroatoms. The minimum atomic E-state index is -0.200. The molecule has 0 aromatic heterocycles. The van der Waals surface area contributed by atoms with Crippen LogP contribution in [-0.2, 0) is 4.79 Å². The summed E-state index contributed by atoms with van der Waals surface area (Å²) >= 11 is 0. The fourth-order valence-electron chi connectivity index (χ4n) is 3.99. The minimum Gasteiger partial charge on any atom is -0.393 e. The number of aliphatic hydroxyl groups excluding tert-OH is 1. The minimum absolute atomic E-state index is 0.169. The van der Waals surface area contributed by atoms with Crippen molar-refractivity contribution in [3.8, 4) is 0 Å². The maximum absolute atomic E-state index is 12.2. The topological polar surface area (TPSA) is 37.3 Å². The van der Waals surface area contributed by atoms with Gasteiger partial charge in [0.2, 0.25) is 0 Å². The molecule has 5 aliphatic carbocycles. The third-order valence-electron chi connectivity index (χ3n) is 5.11. The van der Waals surface area contributed by atoms with E-state index in [9.17, 15) is 9.90 Å². The summed E-state index contributed by atoms with van der Waals surface area (Å²) in [4.78, 5) is 12.2. The van der Waals surface area contributed by atoms with Gasteiger partial charge in [0.25, 0.3) is 0 Å². The molecule has 5 rings (SSSR count). The number of fused-ring (bicyclic) bond motifs is 1. The largest absolute Gasteiger partial charge is 0.393 e. The Bertz CT molecular complexity index is 295. The Labute approximate surface area is 84.7 Å². The van der Waals surface area contributed by atoms with Gasteiger partial charge in [-0.2, -0.15) is 0 Å². The predicted octanol–water partition coefficient (Wildman–Crippen LogP) is 1.62. The highest BCUT2D eigenvalue weighted by Crippen LogP contribution is 2.60. The average molecular weight is 194 g/mol. The van der Waals surface area contributed by atoms with Crippen molar-refractivity contribution in [3.05, 3.63) is 0 Å². The van der Waals surface area contributed by atoms with Crippen LogP contribution in [0.1, 0.15) is 33.1 Å². The van der Waals surface area contributed by atoms with Gasteiger partial charge in [-0.1, -0.05) is 13.8 Å². The Kier molecular flexibility index (Phi) is 1.53. The van der Waals surface area contributed by atoms with Gasteiger partial charge in [0.1, 0.15) is 5.78 Å². The molecule has 4 bridgehead atoms. The van der Waals surface area contributed by atoms with E-state index in [1.165, 1.54) is 6.42 Å². The van der Waals surface area contributed by atoms with Crippen LogP contribution in [0, 0.1) is 29.1 Å². The van der Waals surface area contributed by atoms with Crippen molar-refractivity contribution < 1.29 is 9.90 Å². The third-order valence-corrected chi connectivity index (χ3v) is 5.11. The van der Waals surface area contributed by atoms with Crippen LogP contribution in [0.15, 0.2) is 0 Å². The van der Waals surface area contributed by atoms with Gasteiger partial charge in [-0.05, 0) is 37.0 Å². The number of ketones is 1. The van der Waals surface area contributed by atoms with Crippen molar-refractivity contribution in [2.45, 2.75) is 39.2 Å². The van der Waals surface area contributed by atoms with E-state index in [0.29, 0.717) is 23.5 Å². The van der Waals surface area contributed by atoms with Crippen LogP contribution < -0.4 is 0 Å². The van der Waals surface area contributed by atoms with Crippen LogP contribution in [0.25, 0.3) is 0 Å². The molecule has 0 aromatic rings. The highest BCUT2D eigenvalue weighted by atomic mass is 16.3. The smallest absolute Gasteiger partial charge is 0.142 e. The van der Waals surface area contributed by atoms with E-state index < -0.39 is 0 Å². The number of hydrogen-bond acceptors (Lipinski definition) is 2. The molecule has 0 saturated heterocycles. The summed E-state index contributed by atoms with van der Waals surface area (Å²) in [5, 5.41) is 9.97. The van der Waals surface area contributed by atoms with Gasteiger partial charge in [-0.3, -0.25) is 4.79 Å². The number of aliphatic hydroxyl groups is 1. The number of carbonyl (C=O) groups is 1. The zero-order valence-electron chi connectivity index (χ0n) is 8.86. The van der Waals surface area contributed by atoms with Crippen LogP contribution in [0.3, 0.4) is 0 Å². The molecule has 0 aliphatic heterocycles. The zero-order chi connectivity index (χ0) is 10.1. The molecule has 0 amide bonds. The first-order chi connectivity index (χ1) is 6.51. The van der Waals surface area contributed by atoms with Crippen molar-refractivity contribution in [3.63, 3.8) is 0 Å². The first-order valence-electron chi connectivity index (χ1n) is 5.74. The van der Waals surface area contributed by atoms with E-state index in [4.69, 9.17) is 0 Å². The second-order valence-corrected chi connectivity index (χ2v) is 6.01. The van der Waals surface area contributed by atoms with Crippen molar-refractivity contribution in [1.82, 2.24) is 0 Å². The van der Waals surface area contributed by atoms with Crippen LogP contribution in [0.5, 0.6) is 0 Å². The number of carbonyl (C=O) groups excluding carboxylic acids is 1.